The predicted octanol–water partition coefficient (Wildman–Crippen LogP) is 1.41. The molecule has 1 N–H and O–H groups in total. The first-order valence-corrected chi connectivity index (χ1v) is 5.23. The molecule has 0 aromatic heterocycles. The zero-order valence-corrected chi connectivity index (χ0v) is 7.72. The highest BCUT2D eigenvalue weighted by molar-refractivity contribution is 4.75. The van der Waals surface area contributed by atoms with E-state index in [4.69, 9.17) is 4.74 Å². The molecule has 0 aliphatic carbocycles. The minimum atomic E-state index is 0.864. The molecule has 0 radical (unpaired) electrons. The van der Waals surface area contributed by atoms with Crippen molar-refractivity contribution in [2.24, 2.45) is 11.8 Å². The van der Waals surface area contributed by atoms with Crippen LogP contribution in [-0.2, 0) is 4.74 Å². The third-order valence-electron chi connectivity index (χ3n) is 3.08. The number of ether oxygens (including phenoxy) is 1. The van der Waals surface area contributed by atoms with E-state index in [1.54, 1.807) is 0 Å². The van der Waals surface area contributed by atoms with Crippen molar-refractivity contribution < 1.29 is 4.74 Å². The minimum absolute atomic E-state index is 0.864. The van der Waals surface area contributed by atoms with E-state index < -0.39 is 0 Å². The average molecular weight is 169 g/mol. The summed E-state index contributed by atoms with van der Waals surface area (Å²) >= 11 is 0. The van der Waals surface area contributed by atoms with Crippen LogP contribution >= 0.6 is 0 Å². The average Bonchev–Trinajstić information content (AvgIpc) is 2.59. The fourth-order valence-electron chi connectivity index (χ4n) is 2.38. The summed E-state index contributed by atoms with van der Waals surface area (Å²) in [4.78, 5) is 0. The molecule has 2 rings (SSSR count). The first-order chi connectivity index (χ1) is 5.95. The van der Waals surface area contributed by atoms with Crippen LogP contribution < -0.4 is 5.32 Å². The van der Waals surface area contributed by atoms with Gasteiger partial charge in [-0.25, -0.2) is 0 Å². The van der Waals surface area contributed by atoms with Crippen molar-refractivity contribution >= 4 is 0 Å². The van der Waals surface area contributed by atoms with Gasteiger partial charge in [0.2, 0.25) is 0 Å². The van der Waals surface area contributed by atoms with Gasteiger partial charge < -0.3 is 10.1 Å². The maximum absolute atomic E-state index is 5.47. The van der Waals surface area contributed by atoms with Gasteiger partial charge >= 0.3 is 0 Å². The predicted molar refractivity (Wildman–Crippen MR) is 49.1 cm³/mol. The fourth-order valence-corrected chi connectivity index (χ4v) is 2.38. The number of nitrogens with one attached hydrogen (secondary N) is 1. The maximum Gasteiger partial charge on any atom is 0.0494 e. The summed E-state index contributed by atoms with van der Waals surface area (Å²) in [6.45, 7) is 4.50. The van der Waals surface area contributed by atoms with Crippen molar-refractivity contribution in [3.05, 3.63) is 0 Å². The molecule has 2 aliphatic heterocycles. The summed E-state index contributed by atoms with van der Waals surface area (Å²) < 4.78 is 5.47. The molecule has 2 unspecified atom stereocenters. The van der Waals surface area contributed by atoms with Crippen LogP contribution in [0.5, 0.6) is 0 Å². The zero-order valence-electron chi connectivity index (χ0n) is 7.72. The lowest BCUT2D eigenvalue weighted by Gasteiger charge is -2.24. The van der Waals surface area contributed by atoms with Crippen molar-refractivity contribution in [3.8, 4) is 0 Å². The zero-order chi connectivity index (χ0) is 8.23. The molecule has 0 spiro atoms. The van der Waals surface area contributed by atoms with Crippen molar-refractivity contribution in [2.45, 2.75) is 25.7 Å². The van der Waals surface area contributed by atoms with Crippen LogP contribution in [0.1, 0.15) is 25.7 Å². The van der Waals surface area contributed by atoms with Gasteiger partial charge in [0.15, 0.2) is 0 Å². The molecule has 70 valence electrons. The maximum atomic E-state index is 5.47. The van der Waals surface area contributed by atoms with Gasteiger partial charge in [0, 0.05) is 13.2 Å². The monoisotopic (exact) mass is 169 g/mol. The van der Waals surface area contributed by atoms with Crippen LogP contribution in [0.4, 0.5) is 0 Å². The molecule has 2 atom stereocenters. The van der Waals surface area contributed by atoms with E-state index >= 15 is 0 Å². The van der Waals surface area contributed by atoms with Crippen LogP contribution in [0.2, 0.25) is 0 Å². The third kappa shape index (κ3) is 2.20. The van der Waals surface area contributed by atoms with Crippen molar-refractivity contribution in [3.63, 3.8) is 0 Å². The van der Waals surface area contributed by atoms with Crippen LogP contribution in [0.25, 0.3) is 0 Å². The summed E-state index contributed by atoms with van der Waals surface area (Å²) in [6.07, 6.45) is 5.46. The summed E-state index contributed by atoms with van der Waals surface area (Å²) in [5, 5.41) is 3.42. The Balaban J connectivity index is 1.69. The number of hydrogen-bond donors (Lipinski definition) is 1. The Hall–Kier alpha value is -0.0800. The Labute approximate surface area is 74.7 Å². The van der Waals surface area contributed by atoms with Gasteiger partial charge in [0.25, 0.3) is 0 Å². The van der Waals surface area contributed by atoms with Gasteiger partial charge in [-0.15, -0.1) is 0 Å². The molecule has 0 amide bonds. The molecule has 2 aliphatic rings. The van der Waals surface area contributed by atoms with Crippen LogP contribution in [0.15, 0.2) is 0 Å². The van der Waals surface area contributed by atoms with Gasteiger partial charge in [-0.2, -0.15) is 0 Å². The fraction of sp³-hybridized carbons (Fsp3) is 1.00. The van der Waals surface area contributed by atoms with Crippen molar-refractivity contribution in [1.82, 2.24) is 5.32 Å². The SMILES string of the molecule is C1COCC(CC2CCNC2)C1. The molecule has 2 saturated heterocycles. The molecular weight excluding hydrogens is 150 g/mol. The molecule has 0 bridgehead atoms. The Morgan fingerprint density at radius 1 is 1.25 bits per heavy atom. The molecule has 0 saturated carbocycles. The first kappa shape index (κ1) is 8.52. The lowest BCUT2D eigenvalue weighted by atomic mass is 9.90. The highest BCUT2D eigenvalue weighted by Gasteiger charge is 2.21. The second-order valence-corrected chi connectivity index (χ2v) is 4.18. The third-order valence-corrected chi connectivity index (χ3v) is 3.08. The molecule has 0 aromatic carbocycles. The smallest absolute Gasteiger partial charge is 0.0494 e. The summed E-state index contributed by atoms with van der Waals surface area (Å²) in [5.74, 6) is 1.81. The largest absolute Gasteiger partial charge is 0.381 e. The molecular formula is C10H19NO. The van der Waals surface area contributed by atoms with Crippen LogP contribution in [0.3, 0.4) is 0 Å². The Bertz CT molecular complexity index is 126. The Morgan fingerprint density at radius 2 is 2.25 bits per heavy atom. The van der Waals surface area contributed by atoms with Crippen molar-refractivity contribution in [1.29, 1.82) is 0 Å². The van der Waals surface area contributed by atoms with E-state index in [2.05, 4.69) is 5.32 Å². The van der Waals surface area contributed by atoms with Crippen molar-refractivity contribution in [2.75, 3.05) is 26.3 Å². The van der Waals surface area contributed by atoms with Gasteiger partial charge in [-0.05, 0) is 50.6 Å². The lowest BCUT2D eigenvalue weighted by molar-refractivity contribution is 0.0461. The summed E-state index contributed by atoms with van der Waals surface area (Å²) in [5.41, 5.74) is 0. The van der Waals surface area contributed by atoms with E-state index in [9.17, 15) is 0 Å². The topological polar surface area (TPSA) is 21.3 Å². The minimum Gasteiger partial charge on any atom is -0.381 e. The quantitative estimate of drug-likeness (QED) is 0.675. The van der Waals surface area contributed by atoms with E-state index in [1.807, 2.05) is 0 Å². The van der Waals surface area contributed by atoms with E-state index in [0.29, 0.717) is 0 Å². The van der Waals surface area contributed by atoms with Crippen LogP contribution in [-0.4, -0.2) is 26.3 Å². The molecule has 0 aromatic rings. The molecule has 2 heteroatoms. The van der Waals surface area contributed by atoms with Gasteiger partial charge in [0.1, 0.15) is 0 Å². The standard InChI is InChI=1S/C10H19NO/c1-2-10(8-12-5-1)6-9-3-4-11-7-9/h9-11H,1-8H2. The van der Waals surface area contributed by atoms with Gasteiger partial charge in [-0.3, -0.25) is 0 Å². The lowest BCUT2D eigenvalue weighted by Crippen LogP contribution is -2.21. The Kier molecular flexibility index (Phi) is 3.01. The molecule has 2 heterocycles. The normalized spacial score (nSPS) is 37.0. The molecule has 2 fully saturated rings. The highest BCUT2D eigenvalue weighted by atomic mass is 16.5. The molecule has 12 heavy (non-hydrogen) atoms. The highest BCUT2D eigenvalue weighted by Crippen LogP contribution is 2.24. The second kappa shape index (κ2) is 4.24. The van der Waals surface area contributed by atoms with E-state index in [0.717, 1.165) is 25.0 Å². The number of rotatable bonds is 2. The first-order valence-electron chi connectivity index (χ1n) is 5.23. The summed E-state index contributed by atoms with van der Waals surface area (Å²) in [6, 6.07) is 0. The number of hydrogen-bond acceptors (Lipinski definition) is 2. The second-order valence-electron chi connectivity index (χ2n) is 4.18. The van der Waals surface area contributed by atoms with E-state index in [1.165, 1.54) is 38.8 Å². The van der Waals surface area contributed by atoms with Gasteiger partial charge in [-0.1, -0.05) is 0 Å². The molecule has 2 nitrogen and oxygen atoms in total. The Morgan fingerprint density at radius 3 is 2.92 bits per heavy atom. The summed E-state index contributed by atoms with van der Waals surface area (Å²) in [7, 11) is 0. The van der Waals surface area contributed by atoms with Gasteiger partial charge in [0.05, 0.1) is 0 Å². The van der Waals surface area contributed by atoms with E-state index in [-0.39, 0.29) is 0 Å². The van der Waals surface area contributed by atoms with Crippen LogP contribution in [0, 0.1) is 11.8 Å².